The van der Waals surface area contributed by atoms with Crippen molar-refractivity contribution in [2.45, 2.75) is 45.6 Å². The maximum Gasteiger partial charge on any atom is 0.234 e. The number of hydrogen-bond acceptors (Lipinski definition) is 3. The highest BCUT2D eigenvalue weighted by atomic mass is 16.2. The monoisotopic (exact) mass is 269 g/mol. The first-order valence-electron chi connectivity index (χ1n) is 7.24. The summed E-state index contributed by atoms with van der Waals surface area (Å²) in [5.74, 6) is 0.235. The van der Waals surface area contributed by atoms with E-state index in [1.807, 2.05) is 30.7 Å². The lowest BCUT2D eigenvalue weighted by atomic mass is 10.1. The molecule has 1 aliphatic rings. The van der Waals surface area contributed by atoms with Crippen LogP contribution in [0.1, 0.15) is 39.5 Å². The number of amides is 2. The number of hydrogen-bond donors (Lipinski definition) is 1. The van der Waals surface area contributed by atoms with Crippen molar-refractivity contribution < 1.29 is 9.59 Å². The van der Waals surface area contributed by atoms with Gasteiger partial charge in [0.2, 0.25) is 11.8 Å². The van der Waals surface area contributed by atoms with E-state index in [2.05, 4.69) is 5.32 Å². The van der Waals surface area contributed by atoms with Gasteiger partial charge in [-0.2, -0.15) is 0 Å². The molecule has 0 saturated carbocycles. The summed E-state index contributed by atoms with van der Waals surface area (Å²) in [6.07, 6.45) is 3.99. The zero-order valence-electron chi connectivity index (χ0n) is 12.4. The first kappa shape index (κ1) is 16.0. The molecule has 5 heteroatoms. The van der Waals surface area contributed by atoms with E-state index in [0.29, 0.717) is 19.5 Å². The molecule has 0 radical (unpaired) electrons. The average molecular weight is 269 g/mol. The predicted octanol–water partition coefficient (Wildman–Crippen LogP) is 0.845. The molecule has 0 unspecified atom stereocenters. The van der Waals surface area contributed by atoms with E-state index < -0.39 is 0 Å². The van der Waals surface area contributed by atoms with Crippen LogP contribution in [0.4, 0.5) is 0 Å². The first-order chi connectivity index (χ1) is 8.99. The smallest absolute Gasteiger partial charge is 0.234 e. The lowest BCUT2D eigenvalue weighted by molar-refractivity contribution is -0.133. The first-order valence-corrected chi connectivity index (χ1v) is 7.24. The van der Waals surface area contributed by atoms with Crippen molar-refractivity contribution in [2.75, 3.05) is 33.2 Å². The van der Waals surface area contributed by atoms with Crippen LogP contribution in [0.2, 0.25) is 0 Å². The summed E-state index contributed by atoms with van der Waals surface area (Å²) in [4.78, 5) is 27.4. The predicted molar refractivity (Wildman–Crippen MR) is 75.8 cm³/mol. The van der Waals surface area contributed by atoms with E-state index >= 15 is 0 Å². The highest BCUT2D eigenvalue weighted by molar-refractivity contribution is 5.78. The minimum absolute atomic E-state index is 0.0166. The molecule has 0 aliphatic carbocycles. The van der Waals surface area contributed by atoms with Gasteiger partial charge < -0.3 is 10.2 Å². The summed E-state index contributed by atoms with van der Waals surface area (Å²) >= 11 is 0. The molecule has 1 saturated heterocycles. The second-order valence-electron chi connectivity index (χ2n) is 5.65. The van der Waals surface area contributed by atoms with Gasteiger partial charge in [0.25, 0.3) is 0 Å². The minimum Gasteiger partial charge on any atom is -0.353 e. The van der Waals surface area contributed by atoms with Crippen LogP contribution in [0.3, 0.4) is 0 Å². The summed E-state index contributed by atoms with van der Waals surface area (Å²) in [6.45, 7) is 6.68. The van der Waals surface area contributed by atoms with Crippen LogP contribution < -0.4 is 5.32 Å². The van der Waals surface area contributed by atoms with Crippen molar-refractivity contribution in [3.05, 3.63) is 0 Å². The SMILES string of the molecule is CC(C)NC(=O)CN(C)CCC(=O)N1CCCCC1. The van der Waals surface area contributed by atoms with E-state index in [4.69, 9.17) is 0 Å². The van der Waals surface area contributed by atoms with Gasteiger partial charge in [-0.05, 0) is 40.2 Å². The number of nitrogens with one attached hydrogen (secondary N) is 1. The molecule has 19 heavy (non-hydrogen) atoms. The van der Waals surface area contributed by atoms with E-state index in [1.54, 1.807) is 0 Å². The maximum atomic E-state index is 12.0. The standard InChI is InChI=1S/C14H27N3O2/c1-12(2)15-13(18)11-16(3)10-7-14(19)17-8-5-4-6-9-17/h12H,4-11H2,1-3H3,(H,15,18). The molecule has 0 aromatic carbocycles. The molecule has 1 fully saturated rings. The van der Waals surface area contributed by atoms with Gasteiger partial charge >= 0.3 is 0 Å². The molecule has 1 aliphatic heterocycles. The van der Waals surface area contributed by atoms with Crippen LogP contribution >= 0.6 is 0 Å². The summed E-state index contributed by atoms with van der Waals surface area (Å²) < 4.78 is 0. The Morgan fingerprint density at radius 3 is 2.42 bits per heavy atom. The van der Waals surface area contributed by atoms with E-state index in [0.717, 1.165) is 25.9 Å². The van der Waals surface area contributed by atoms with Crippen LogP contribution in [-0.4, -0.2) is 60.9 Å². The van der Waals surface area contributed by atoms with Crippen molar-refractivity contribution in [1.29, 1.82) is 0 Å². The third kappa shape index (κ3) is 6.57. The van der Waals surface area contributed by atoms with Gasteiger partial charge in [-0.1, -0.05) is 0 Å². The van der Waals surface area contributed by atoms with Gasteiger partial charge in [-0.15, -0.1) is 0 Å². The maximum absolute atomic E-state index is 12.0. The molecule has 0 bridgehead atoms. The van der Waals surface area contributed by atoms with Crippen LogP contribution in [0, 0.1) is 0 Å². The highest BCUT2D eigenvalue weighted by Gasteiger charge is 2.17. The Hall–Kier alpha value is -1.10. The normalized spacial score (nSPS) is 15.9. The lowest BCUT2D eigenvalue weighted by Gasteiger charge is -2.27. The highest BCUT2D eigenvalue weighted by Crippen LogP contribution is 2.09. The van der Waals surface area contributed by atoms with Gasteiger partial charge in [0.1, 0.15) is 0 Å². The Morgan fingerprint density at radius 1 is 1.21 bits per heavy atom. The summed E-state index contributed by atoms with van der Waals surface area (Å²) in [5.41, 5.74) is 0. The van der Waals surface area contributed by atoms with Gasteiger partial charge in [-0.3, -0.25) is 14.5 Å². The van der Waals surface area contributed by atoms with Crippen molar-refractivity contribution in [2.24, 2.45) is 0 Å². The van der Waals surface area contributed by atoms with Gasteiger partial charge in [-0.25, -0.2) is 0 Å². The van der Waals surface area contributed by atoms with E-state index in [1.165, 1.54) is 6.42 Å². The lowest BCUT2D eigenvalue weighted by Crippen LogP contribution is -2.41. The summed E-state index contributed by atoms with van der Waals surface area (Å²) in [7, 11) is 1.88. The molecule has 0 aromatic heterocycles. The fourth-order valence-electron chi connectivity index (χ4n) is 2.28. The number of likely N-dealkylation sites (tertiary alicyclic amines) is 1. The molecule has 1 rings (SSSR count). The quantitative estimate of drug-likeness (QED) is 0.777. The van der Waals surface area contributed by atoms with Crippen molar-refractivity contribution in [1.82, 2.24) is 15.1 Å². The zero-order chi connectivity index (χ0) is 14.3. The van der Waals surface area contributed by atoms with E-state index in [9.17, 15) is 9.59 Å². The molecular weight excluding hydrogens is 242 g/mol. The number of carbonyl (C=O) groups excluding carboxylic acids is 2. The Labute approximate surface area is 116 Å². The van der Waals surface area contributed by atoms with Gasteiger partial charge in [0.05, 0.1) is 6.54 Å². The van der Waals surface area contributed by atoms with Crippen molar-refractivity contribution in [3.8, 4) is 0 Å². The Morgan fingerprint density at radius 2 is 1.84 bits per heavy atom. The Bertz CT molecular complexity index is 299. The van der Waals surface area contributed by atoms with Gasteiger partial charge in [0, 0.05) is 32.1 Å². The van der Waals surface area contributed by atoms with E-state index in [-0.39, 0.29) is 17.9 Å². The van der Waals surface area contributed by atoms with Crippen LogP contribution in [0.25, 0.3) is 0 Å². The van der Waals surface area contributed by atoms with Crippen molar-refractivity contribution in [3.63, 3.8) is 0 Å². The molecule has 1 heterocycles. The number of likely N-dealkylation sites (N-methyl/N-ethyl adjacent to an activating group) is 1. The van der Waals surface area contributed by atoms with Crippen LogP contribution in [-0.2, 0) is 9.59 Å². The minimum atomic E-state index is 0.0166. The second-order valence-corrected chi connectivity index (χ2v) is 5.65. The number of rotatable bonds is 6. The largest absolute Gasteiger partial charge is 0.353 e. The number of carbonyl (C=O) groups is 2. The zero-order valence-corrected chi connectivity index (χ0v) is 12.4. The topological polar surface area (TPSA) is 52.7 Å². The number of piperidine rings is 1. The summed E-state index contributed by atoms with van der Waals surface area (Å²) in [5, 5.41) is 2.85. The molecular formula is C14H27N3O2. The molecule has 1 N–H and O–H groups in total. The molecule has 0 aromatic rings. The van der Waals surface area contributed by atoms with Crippen LogP contribution in [0.15, 0.2) is 0 Å². The fourth-order valence-corrected chi connectivity index (χ4v) is 2.28. The fraction of sp³-hybridized carbons (Fsp3) is 0.857. The van der Waals surface area contributed by atoms with Gasteiger partial charge in [0.15, 0.2) is 0 Å². The third-order valence-corrected chi connectivity index (χ3v) is 3.28. The third-order valence-electron chi connectivity index (χ3n) is 3.28. The summed E-state index contributed by atoms with van der Waals surface area (Å²) in [6, 6.07) is 0.163. The molecule has 0 atom stereocenters. The Kier molecular flexibility index (Phi) is 6.84. The van der Waals surface area contributed by atoms with Crippen molar-refractivity contribution >= 4 is 11.8 Å². The van der Waals surface area contributed by atoms with Crippen LogP contribution in [0.5, 0.6) is 0 Å². The molecule has 2 amide bonds. The molecule has 0 spiro atoms. The average Bonchev–Trinajstić information content (AvgIpc) is 2.36. The molecule has 110 valence electrons. The second kappa shape index (κ2) is 8.15. The molecule has 5 nitrogen and oxygen atoms in total. The Balaban J connectivity index is 2.19. The number of nitrogens with zero attached hydrogens (tertiary/aromatic N) is 2.